The molecule has 0 amide bonds. The molecule has 0 fully saturated rings. The van der Waals surface area contributed by atoms with E-state index in [9.17, 15) is 0 Å². The highest BCUT2D eigenvalue weighted by Crippen LogP contribution is 2.40. The normalized spacial score (nSPS) is 26.1. The van der Waals surface area contributed by atoms with Crippen LogP contribution in [0.3, 0.4) is 0 Å². The van der Waals surface area contributed by atoms with E-state index in [4.69, 9.17) is 5.73 Å². The standard InChI is InChI=1S/C14H13N/c15-13-7-3-5-11-9-8-10-4-1-2-6-12(10)14(11)13/h1-10,12H,15H2. The van der Waals surface area contributed by atoms with Crippen molar-refractivity contribution in [2.75, 3.05) is 5.73 Å². The van der Waals surface area contributed by atoms with Gasteiger partial charge >= 0.3 is 0 Å². The van der Waals surface area contributed by atoms with E-state index in [1.165, 1.54) is 11.1 Å². The molecule has 2 aliphatic rings. The molecule has 1 aromatic rings. The molecule has 0 bridgehead atoms. The van der Waals surface area contributed by atoms with Crippen LogP contribution in [0.1, 0.15) is 17.0 Å². The van der Waals surface area contributed by atoms with E-state index in [1.54, 1.807) is 0 Å². The molecular formula is C14H13N. The largest absolute Gasteiger partial charge is 0.398 e. The number of fused-ring (bicyclic) bond motifs is 3. The van der Waals surface area contributed by atoms with Gasteiger partial charge in [0.1, 0.15) is 0 Å². The Balaban J connectivity index is 2.20. The maximum absolute atomic E-state index is 6.06. The summed E-state index contributed by atoms with van der Waals surface area (Å²) in [5.41, 5.74) is 9.51. The Morgan fingerprint density at radius 2 is 1.87 bits per heavy atom. The Hall–Kier alpha value is -1.76. The Kier molecular flexibility index (Phi) is 1.78. The molecule has 0 heterocycles. The molecule has 0 radical (unpaired) electrons. The van der Waals surface area contributed by atoms with Crippen LogP contribution in [0, 0.1) is 5.92 Å². The van der Waals surface area contributed by atoms with E-state index in [-0.39, 0.29) is 0 Å². The fourth-order valence-electron chi connectivity index (χ4n) is 2.44. The first-order valence-electron chi connectivity index (χ1n) is 5.28. The van der Waals surface area contributed by atoms with Crippen LogP contribution in [0.2, 0.25) is 0 Å². The molecule has 2 N–H and O–H groups in total. The zero-order valence-electron chi connectivity index (χ0n) is 8.43. The van der Waals surface area contributed by atoms with Crippen LogP contribution < -0.4 is 5.73 Å². The van der Waals surface area contributed by atoms with Crippen LogP contribution in [0.5, 0.6) is 0 Å². The van der Waals surface area contributed by atoms with Crippen molar-refractivity contribution in [1.29, 1.82) is 0 Å². The Morgan fingerprint density at radius 3 is 2.80 bits per heavy atom. The summed E-state index contributed by atoms with van der Waals surface area (Å²) in [6, 6.07) is 6.13. The summed E-state index contributed by atoms with van der Waals surface area (Å²) in [7, 11) is 0. The van der Waals surface area contributed by atoms with E-state index < -0.39 is 0 Å². The lowest BCUT2D eigenvalue weighted by Gasteiger charge is -2.28. The van der Waals surface area contributed by atoms with Crippen LogP contribution in [0.15, 0.2) is 48.6 Å². The SMILES string of the molecule is Nc1cccc2c1C1C=CC=CC1C=C2. The first-order valence-corrected chi connectivity index (χ1v) is 5.28. The first-order chi connectivity index (χ1) is 7.36. The first kappa shape index (κ1) is 8.54. The number of nitrogens with two attached hydrogens (primary N) is 1. The summed E-state index contributed by atoms with van der Waals surface area (Å²) >= 11 is 0. The van der Waals surface area contributed by atoms with Gasteiger partial charge in [-0.25, -0.2) is 0 Å². The van der Waals surface area contributed by atoms with Crippen molar-refractivity contribution in [2.24, 2.45) is 5.92 Å². The lowest BCUT2D eigenvalue weighted by molar-refractivity contribution is 0.694. The number of anilines is 1. The molecule has 0 spiro atoms. The highest BCUT2D eigenvalue weighted by molar-refractivity contribution is 5.68. The van der Waals surface area contributed by atoms with E-state index >= 15 is 0 Å². The van der Waals surface area contributed by atoms with E-state index in [1.807, 2.05) is 12.1 Å². The molecule has 74 valence electrons. The lowest BCUT2D eigenvalue weighted by atomic mass is 9.76. The minimum atomic E-state index is 0.427. The molecule has 1 aromatic carbocycles. The van der Waals surface area contributed by atoms with Gasteiger partial charge in [0.25, 0.3) is 0 Å². The average Bonchev–Trinajstić information content (AvgIpc) is 2.29. The second-order valence-electron chi connectivity index (χ2n) is 4.08. The van der Waals surface area contributed by atoms with E-state index in [0.717, 1.165) is 5.69 Å². The summed E-state index contributed by atoms with van der Waals surface area (Å²) in [5, 5.41) is 0. The van der Waals surface area contributed by atoms with Crippen molar-refractivity contribution in [3.8, 4) is 0 Å². The number of benzene rings is 1. The minimum Gasteiger partial charge on any atom is -0.398 e. The fourth-order valence-corrected chi connectivity index (χ4v) is 2.44. The highest BCUT2D eigenvalue weighted by Gasteiger charge is 2.25. The van der Waals surface area contributed by atoms with Gasteiger partial charge < -0.3 is 5.73 Å². The van der Waals surface area contributed by atoms with Gasteiger partial charge in [-0.1, -0.05) is 48.6 Å². The van der Waals surface area contributed by atoms with Gasteiger partial charge in [0, 0.05) is 17.5 Å². The molecule has 1 nitrogen and oxygen atoms in total. The molecule has 2 unspecified atom stereocenters. The van der Waals surface area contributed by atoms with Crippen LogP contribution >= 0.6 is 0 Å². The maximum atomic E-state index is 6.06. The zero-order valence-corrected chi connectivity index (χ0v) is 8.43. The molecule has 0 aromatic heterocycles. The van der Waals surface area contributed by atoms with Gasteiger partial charge in [0.2, 0.25) is 0 Å². The lowest BCUT2D eigenvalue weighted by Crippen LogP contribution is -2.15. The van der Waals surface area contributed by atoms with Crippen LogP contribution in [0.25, 0.3) is 6.08 Å². The third kappa shape index (κ3) is 1.23. The number of allylic oxidation sites excluding steroid dienone is 5. The van der Waals surface area contributed by atoms with Crippen molar-refractivity contribution in [2.45, 2.75) is 5.92 Å². The quantitative estimate of drug-likeness (QED) is 0.632. The summed E-state index contributed by atoms with van der Waals surface area (Å²) in [6.45, 7) is 0. The maximum Gasteiger partial charge on any atom is 0.0358 e. The molecule has 0 aliphatic heterocycles. The van der Waals surface area contributed by atoms with Crippen molar-refractivity contribution < 1.29 is 0 Å². The number of hydrogen-bond acceptors (Lipinski definition) is 1. The van der Waals surface area contributed by atoms with Crippen molar-refractivity contribution in [1.82, 2.24) is 0 Å². The third-order valence-corrected chi connectivity index (χ3v) is 3.18. The number of hydrogen-bond donors (Lipinski definition) is 1. The molecule has 15 heavy (non-hydrogen) atoms. The van der Waals surface area contributed by atoms with Crippen LogP contribution in [-0.4, -0.2) is 0 Å². The summed E-state index contributed by atoms with van der Waals surface area (Å²) < 4.78 is 0. The second kappa shape index (κ2) is 3.13. The minimum absolute atomic E-state index is 0.427. The Labute approximate surface area is 89.6 Å². The molecule has 1 heteroatoms. The van der Waals surface area contributed by atoms with Gasteiger partial charge in [-0.15, -0.1) is 0 Å². The molecule has 0 saturated carbocycles. The number of rotatable bonds is 0. The molecule has 0 saturated heterocycles. The van der Waals surface area contributed by atoms with Gasteiger partial charge in [-0.2, -0.15) is 0 Å². The predicted molar refractivity (Wildman–Crippen MR) is 64.4 cm³/mol. The monoisotopic (exact) mass is 195 g/mol. The Bertz CT molecular complexity index is 480. The molecular weight excluding hydrogens is 182 g/mol. The summed E-state index contributed by atoms with van der Waals surface area (Å²) in [5.74, 6) is 0.906. The molecule has 2 aliphatic carbocycles. The second-order valence-corrected chi connectivity index (χ2v) is 4.08. The van der Waals surface area contributed by atoms with Crippen molar-refractivity contribution >= 4 is 11.8 Å². The van der Waals surface area contributed by atoms with Crippen LogP contribution in [0.4, 0.5) is 5.69 Å². The fraction of sp³-hybridized carbons (Fsp3) is 0.143. The van der Waals surface area contributed by atoms with Gasteiger partial charge in [-0.05, 0) is 17.2 Å². The van der Waals surface area contributed by atoms with Gasteiger partial charge in [-0.3, -0.25) is 0 Å². The van der Waals surface area contributed by atoms with Crippen molar-refractivity contribution in [3.05, 3.63) is 59.7 Å². The summed E-state index contributed by atoms with van der Waals surface area (Å²) in [4.78, 5) is 0. The Morgan fingerprint density at radius 1 is 1.00 bits per heavy atom. The zero-order chi connectivity index (χ0) is 10.3. The summed E-state index contributed by atoms with van der Waals surface area (Å²) in [6.07, 6.45) is 13.1. The van der Waals surface area contributed by atoms with Gasteiger partial charge in [0.15, 0.2) is 0 Å². The highest BCUT2D eigenvalue weighted by atomic mass is 14.6. The average molecular weight is 195 g/mol. The van der Waals surface area contributed by atoms with Crippen molar-refractivity contribution in [3.63, 3.8) is 0 Å². The predicted octanol–water partition coefficient (Wildman–Crippen LogP) is 3.12. The third-order valence-electron chi connectivity index (χ3n) is 3.18. The van der Waals surface area contributed by atoms with E-state index in [0.29, 0.717) is 11.8 Å². The smallest absolute Gasteiger partial charge is 0.0358 e. The number of nitrogen functional groups attached to an aromatic ring is 1. The molecule has 3 rings (SSSR count). The van der Waals surface area contributed by atoms with E-state index in [2.05, 4.69) is 42.5 Å². The molecule has 2 atom stereocenters. The van der Waals surface area contributed by atoms with Gasteiger partial charge in [0.05, 0.1) is 0 Å². The van der Waals surface area contributed by atoms with Crippen LogP contribution in [-0.2, 0) is 0 Å². The topological polar surface area (TPSA) is 26.0 Å².